The number of aromatic nitrogens is 2. The molecule has 30 heavy (non-hydrogen) atoms. The molecule has 1 aliphatic heterocycles. The van der Waals surface area contributed by atoms with Crippen LogP contribution in [0.25, 0.3) is 0 Å². The van der Waals surface area contributed by atoms with Gasteiger partial charge in [0.05, 0.1) is 22.4 Å². The molecule has 6 nitrogen and oxygen atoms in total. The molecule has 1 saturated carbocycles. The summed E-state index contributed by atoms with van der Waals surface area (Å²) < 4.78 is 30.8. The number of anilines is 1. The smallest absolute Gasteiger partial charge is 0.246 e. The van der Waals surface area contributed by atoms with Crippen molar-refractivity contribution in [2.24, 2.45) is 0 Å². The van der Waals surface area contributed by atoms with E-state index in [1.165, 1.54) is 12.8 Å². The first-order valence-electron chi connectivity index (χ1n) is 10.8. The van der Waals surface area contributed by atoms with Crippen LogP contribution in [0, 0.1) is 0 Å². The first-order chi connectivity index (χ1) is 14.2. The van der Waals surface area contributed by atoms with E-state index >= 15 is 0 Å². The predicted octanol–water partition coefficient (Wildman–Crippen LogP) is 4.46. The van der Waals surface area contributed by atoms with E-state index in [1.54, 1.807) is 10.5 Å². The van der Waals surface area contributed by atoms with Crippen LogP contribution in [0.5, 0.6) is 0 Å². The lowest BCUT2D eigenvalue weighted by atomic mass is 9.92. The molecule has 2 fully saturated rings. The molecule has 1 saturated heterocycles. The van der Waals surface area contributed by atoms with Crippen molar-refractivity contribution in [2.45, 2.75) is 62.8 Å². The second-order valence-electron chi connectivity index (χ2n) is 9.35. The molecular weight excluding hydrogens is 420 g/mol. The molecule has 2 aliphatic rings. The standard InChI is InChI=1S/C22H31ClN4O2S/c1-22(2,3)21-20(16-27(24-21)17-8-4-5-9-17)30(28,29)26-14-12-25(13-15-26)19-11-7-6-10-18(19)23/h6-7,10-11,16-17H,4-5,8-9,12-15H2,1-3H3. The van der Waals surface area contributed by atoms with Crippen molar-refractivity contribution in [2.75, 3.05) is 31.1 Å². The van der Waals surface area contributed by atoms with E-state index in [4.69, 9.17) is 16.7 Å². The van der Waals surface area contributed by atoms with Gasteiger partial charge in [0, 0.05) is 37.8 Å². The molecule has 0 atom stereocenters. The Kier molecular flexibility index (Phi) is 5.90. The quantitative estimate of drug-likeness (QED) is 0.690. The van der Waals surface area contributed by atoms with Gasteiger partial charge in [-0.2, -0.15) is 9.40 Å². The fourth-order valence-corrected chi connectivity index (χ4v) is 6.47. The average molecular weight is 451 g/mol. The lowest BCUT2D eigenvalue weighted by molar-refractivity contribution is 0.383. The van der Waals surface area contributed by atoms with Crippen molar-refractivity contribution in [3.63, 3.8) is 0 Å². The number of para-hydroxylation sites is 1. The van der Waals surface area contributed by atoms with Crippen LogP contribution in [0.3, 0.4) is 0 Å². The molecule has 1 aromatic heterocycles. The Bertz CT molecular complexity index is 998. The van der Waals surface area contributed by atoms with Crippen LogP contribution in [0.1, 0.15) is 58.2 Å². The maximum atomic E-state index is 13.6. The molecule has 0 radical (unpaired) electrons. The van der Waals surface area contributed by atoms with E-state index in [0.717, 1.165) is 18.5 Å². The lowest BCUT2D eigenvalue weighted by Crippen LogP contribution is -2.49. The van der Waals surface area contributed by atoms with Crippen LogP contribution in [-0.4, -0.2) is 48.7 Å². The first kappa shape index (κ1) is 21.7. The van der Waals surface area contributed by atoms with Crippen LogP contribution in [0.4, 0.5) is 5.69 Å². The molecule has 2 heterocycles. The molecule has 0 unspecified atom stereocenters. The molecule has 0 N–H and O–H groups in total. The number of nitrogens with zero attached hydrogens (tertiary/aromatic N) is 4. The largest absolute Gasteiger partial charge is 0.368 e. The Labute approximate surface area is 184 Å². The Morgan fingerprint density at radius 1 is 1.03 bits per heavy atom. The number of piperazine rings is 1. The Hall–Kier alpha value is -1.57. The van der Waals surface area contributed by atoms with Gasteiger partial charge in [-0.05, 0) is 25.0 Å². The summed E-state index contributed by atoms with van der Waals surface area (Å²) in [6.07, 6.45) is 6.29. The molecule has 0 amide bonds. The number of halogens is 1. The van der Waals surface area contributed by atoms with E-state index in [2.05, 4.69) is 4.90 Å². The summed E-state index contributed by atoms with van der Waals surface area (Å²) in [6, 6.07) is 8.02. The highest BCUT2D eigenvalue weighted by Gasteiger charge is 2.36. The van der Waals surface area contributed by atoms with Gasteiger partial charge in [-0.15, -0.1) is 0 Å². The number of hydrogen-bond acceptors (Lipinski definition) is 4. The van der Waals surface area contributed by atoms with Crippen LogP contribution < -0.4 is 4.90 Å². The summed E-state index contributed by atoms with van der Waals surface area (Å²) in [4.78, 5) is 2.52. The minimum atomic E-state index is -3.61. The Morgan fingerprint density at radius 2 is 1.67 bits per heavy atom. The second kappa shape index (κ2) is 8.17. The van der Waals surface area contributed by atoms with Gasteiger partial charge in [0.15, 0.2) is 0 Å². The fraction of sp³-hybridized carbons (Fsp3) is 0.591. The van der Waals surface area contributed by atoms with Crippen molar-refractivity contribution >= 4 is 27.3 Å². The fourth-order valence-electron chi connectivity index (χ4n) is 4.46. The van der Waals surface area contributed by atoms with Gasteiger partial charge >= 0.3 is 0 Å². The molecule has 4 rings (SSSR count). The third-order valence-corrected chi connectivity index (χ3v) is 8.38. The van der Waals surface area contributed by atoms with E-state index in [-0.39, 0.29) is 5.41 Å². The minimum Gasteiger partial charge on any atom is -0.368 e. The summed E-state index contributed by atoms with van der Waals surface area (Å²) in [5, 5.41) is 5.48. The van der Waals surface area contributed by atoms with Crippen molar-refractivity contribution in [1.29, 1.82) is 0 Å². The van der Waals surface area contributed by atoms with Crippen molar-refractivity contribution in [3.8, 4) is 0 Å². The zero-order chi connectivity index (χ0) is 21.5. The molecular formula is C22H31ClN4O2S. The van der Waals surface area contributed by atoms with Crippen LogP contribution in [-0.2, 0) is 15.4 Å². The molecule has 164 valence electrons. The van der Waals surface area contributed by atoms with Crippen molar-refractivity contribution < 1.29 is 8.42 Å². The summed E-state index contributed by atoms with van der Waals surface area (Å²) >= 11 is 6.33. The van der Waals surface area contributed by atoms with Crippen molar-refractivity contribution in [3.05, 3.63) is 41.2 Å². The van der Waals surface area contributed by atoms with Gasteiger partial charge in [0.2, 0.25) is 10.0 Å². The molecule has 1 aromatic carbocycles. The first-order valence-corrected chi connectivity index (χ1v) is 12.6. The number of hydrogen-bond donors (Lipinski definition) is 0. The highest BCUT2D eigenvalue weighted by atomic mass is 35.5. The Balaban J connectivity index is 1.59. The normalized spacial score (nSPS) is 19.5. The van der Waals surface area contributed by atoms with Crippen LogP contribution in [0.15, 0.2) is 35.4 Å². The predicted molar refractivity (Wildman–Crippen MR) is 121 cm³/mol. The maximum absolute atomic E-state index is 13.6. The Morgan fingerprint density at radius 3 is 2.27 bits per heavy atom. The molecule has 0 spiro atoms. The van der Waals surface area contributed by atoms with Crippen LogP contribution in [0.2, 0.25) is 5.02 Å². The van der Waals surface area contributed by atoms with Gasteiger partial charge in [-0.3, -0.25) is 4.68 Å². The minimum absolute atomic E-state index is 0.312. The third-order valence-electron chi connectivity index (χ3n) is 6.16. The zero-order valence-electron chi connectivity index (χ0n) is 18.0. The molecule has 8 heteroatoms. The SMILES string of the molecule is CC(C)(C)c1nn(C2CCCC2)cc1S(=O)(=O)N1CCN(c2ccccc2Cl)CC1. The number of benzene rings is 1. The molecule has 1 aliphatic carbocycles. The van der Waals surface area contributed by atoms with Gasteiger partial charge in [-0.1, -0.05) is 57.3 Å². The van der Waals surface area contributed by atoms with E-state index in [0.29, 0.717) is 47.8 Å². The average Bonchev–Trinajstić information content (AvgIpc) is 3.38. The maximum Gasteiger partial charge on any atom is 0.246 e. The van der Waals surface area contributed by atoms with Gasteiger partial charge in [-0.25, -0.2) is 8.42 Å². The lowest BCUT2D eigenvalue weighted by Gasteiger charge is -2.36. The van der Waals surface area contributed by atoms with Crippen LogP contribution >= 0.6 is 11.6 Å². The molecule has 2 aromatic rings. The summed E-state index contributed by atoms with van der Waals surface area (Å²) in [7, 11) is -3.61. The summed E-state index contributed by atoms with van der Waals surface area (Å²) in [5.74, 6) is 0. The van der Waals surface area contributed by atoms with E-state index in [9.17, 15) is 8.42 Å². The van der Waals surface area contributed by atoms with Gasteiger partial charge < -0.3 is 4.90 Å². The number of rotatable bonds is 4. The van der Waals surface area contributed by atoms with Gasteiger partial charge in [0.25, 0.3) is 0 Å². The summed E-state index contributed by atoms with van der Waals surface area (Å²) in [5.41, 5.74) is 1.29. The monoisotopic (exact) mass is 450 g/mol. The zero-order valence-corrected chi connectivity index (χ0v) is 19.6. The van der Waals surface area contributed by atoms with Crippen molar-refractivity contribution in [1.82, 2.24) is 14.1 Å². The highest BCUT2D eigenvalue weighted by Crippen LogP contribution is 2.35. The molecule has 0 bridgehead atoms. The topological polar surface area (TPSA) is 58.4 Å². The van der Waals surface area contributed by atoms with E-state index in [1.807, 2.05) is 49.7 Å². The van der Waals surface area contributed by atoms with E-state index < -0.39 is 10.0 Å². The third kappa shape index (κ3) is 4.12. The van der Waals surface area contributed by atoms with Gasteiger partial charge in [0.1, 0.15) is 4.90 Å². The summed E-state index contributed by atoms with van der Waals surface area (Å²) in [6.45, 7) is 8.20. The number of sulfonamides is 1. The second-order valence-corrected chi connectivity index (χ2v) is 11.7. The highest BCUT2D eigenvalue weighted by molar-refractivity contribution is 7.89.